The number of carbonyl (C=O) groups is 2. The lowest BCUT2D eigenvalue weighted by molar-refractivity contribution is 0.0984. The lowest BCUT2D eigenvalue weighted by Crippen LogP contribution is -2.45. The van der Waals surface area contributed by atoms with E-state index in [2.05, 4.69) is 5.32 Å². The fourth-order valence-corrected chi connectivity index (χ4v) is 4.98. The molecular formula is C28H33N5O3. The van der Waals surface area contributed by atoms with Gasteiger partial charge in [0.05, 0.1) is 24.9 Å². The van der Waals surface area contributed by atoms with Gasteiger partial charge in [0.2, 0.25) is 0 Å². The van der Waals surface area contributed by atoms with Gasteiger partial charge < -0.3 is 19.9 Å². The van der Waals surface area contributed by atoms with Crippen molar-refractivity contribution in [2.45, 2.75) is 45.4 Å². The first-order valence-electron chi connectivity index (χ1n) is 12.6. The molecule has 188 valence electrons. The van der Waals surface area contributed by atoms with Crippen LogP contribution in [0.15, 0.2) is 54.6 Å². The van der Waals surface area contributed by atoms with Gasteiger partial charge in [-0.3, -0.25) is 9.48 Å². The molecule has 0 spiro atoms. The van der Waals surface area contributed by atoms with Crippen LogP contribution in [0.4, 0.5) is 10.5 Å². The Bertz CT molecular complexity index is 1220. The van der Waals surface area contributed by atoms with E-state index in [0.29, 0.717) is 31.7 Å². The van der Waals surface area contributed by atoms with Gasteiger partial charge in [0.1, 0.15) is 0 Å². The highest BCUT2D eigenvalue weighted by Crippen LogP contribution is 2.26. The zero-order valence-electron chi connectivity index (χ0n) is 20.9. The van der Waals surface area contributed by atoms with Gasteiger partial charge in [-0.25, -0.2) is 4.79 Å². The number of aryl methyl sites for hydroxylation is 2. The number of nitrogens with zero attached hydrogens (tertiary/aromatic N) is 4. The highest BCUT2D eigenvalue weighted by molar-refractivity contribution is 6.06. The molecule has 2 aliphatic rings. The molecule has 0 radical (unpaired) electrons. The average molecular weight is 488 g/mol. The third-order valence-corrected chi connectivity index (χ3v) is 7.04. The first-order chi connectivity index (χ1) is 17.5. The van der Waals surface area contributed by atoms with E-state index in [-0.39, 0.29) is 18.0 Å². The lowest BCUT2D eigenvalue weighted by Gasteiger charge is -2.29. The molecule has 3 amide bonds. The second-order valence-electron chi connectivity index (χ2n) is 9.58. The highest BCUT2D eigenvalue weighted by Gasteiger charge is 2.29. The largest absolute Gasteiger partial charge is 0.376 e. The number of aromatic nitrogens is 2. The Morgan fingerprint density at radius 2 is 1.92 bits per heavy atom. The Morgan fingerprint density at radius 1 is 1.14 bits per heavy atom. The molecule has 5 rings (SSSR count). The molecule has 2 aromatic carbocycles. The number of nitrogens with one attached hydrogen (secondary N) is 1. The normalized spacial score (nSPS) is 17.1. The van der Waals surface area contributed by atoms with E-state index in [1.54, 1.807) is 4.90 Å². The quantitative estimate of drug-likeness (QED) is 0.573. The van der Waals surface area contributed by atoms with Crippen LogP contribution >= 0.6 is 0 Å². The number of fused-ring (bicyclic) bond motifs is 1. The molecule has 0 unspecified atom stereocenters. The van der Waals surface area contributed by atoms with E-state index in [0.717, 1.165) is 54.1 Å². The smallest absolute Gasteiger partial charge is 0.317 e. The predicted molar refractivity (Wildman–Crippen MR) is 138 cm³/mol. The molecule has 1 saturated heterocycles. The monoisotopic (exact) mass is 487 g/mol. The lowest BCUT2D eigenvalue weighted by atomic mass is 10.0. The number of amides is 3. The van der Waals surface area contributed by atoms with Crippen molar-refractivity contribution >= 4 is 17.6 Å². The molecule has 8 nitrogen and oxygen atoms in total. The summed E-state index contributed by atoms with van der Waals surface area (Å²) in [6, 6.07) is 17.2. The minimum Gasteiger partial charge on any atom is -0.376 e. The molecule has 0 aliphatic carbocycles. The number of hydrogen-bond donors (Lipinski definition) is 1. The van der Waals surface area contributed by atoms with Crippen LogP contribution in [0.2, 0.25) is 0 Å². The summed E-state index contributed by atoms with van der Waals surface area (Å²) in [6.45, 7) is 4.74. The predicted octanol–water partition coefficient (Wildman–Crippen LogP) is 3.82. The van der Waals surface area contributed by atoms with Crippen LogP contribution in [0, 0.1) is 6.92 Å². The summed E-state index contributed by atoms with van der Waals surface area (Å²) in [6.07, 6.45) is 2.87. The van der Waals surface area contributed by atoms with Gasteiger partial charge in [-0.2, -0.15) is 5.10 Å². The Hall–Kier alpha value is -3.65. The number of ether oxygens (including phenoxy) is 1. The fourth-order valence-electron chi connectivity index (χ4n) is 4.98. The van der Waals surface area contributed by atoms with Gasteiger partial charge in [0.15, 0.2) is 0 Å². The summed E-state index contributed by atoms with van der Waals surface area (Å²) in [4.78, 5) is 30.1. The molecule has 1 fully saturated rings. The van der Waals surface area contributed by atoms with Gasteiger partial charge in [0, 0.05) is 55.7 Å². The number of carbonyl (C=O) groups excluding carboxylic acids is 2. The molecule has 1 aromatic heterocycles. The van der Waals surface area contributed by atoms with Gasteiger partial charge in [-0.15, -0.1) is 0 Å². The minimum absolute atomic E-state index is 0.0809. The second kappa shape index (κ2) is 10.5. The summed E-state index contributed by atoms with van der Waals surface area (Å²) in [7, 11) is 1.93. The number of hydrogen-bond acceptors (Lipinski definition) is 4. The molecule has 8 heteroatoms. The number of benzene rings is 2. The highest BCUT2D eigenvalue weighted by atomic mass is 16.5. The summed E-state index contributed by atoms with van der Waals surface area (Å²) >= 11 is 0. The Labute approximate surface area is 211 Å². The van der Waals surface area contributed by atoms with Gasteiger partial charge in [-0.05, 0) is 44.0 Å². The Balaban J connectivity index is 1.37. The first-order valence-corrected chi connectivity index (χ1v) is 12.6. The summed E-state index contributed by atoms with van der Waals surface area (Å²) in [5.74, 6) is -0.0809. The molecule has 3 heterocycles. The molecule has 2 aliphatic heterocycles. The van der Waals surface area contributed by atoms with Crippen molar-refractivity contribution in [2.75, 3.05) is 24.6 Å². The van der Waals surface area contributed by atoms with Crippen molar-refractivity contribution in [3.05, 3.63) is 82.7 Å². The summed E-state index contributed by atoms with van der Waals surface area (Å²) in [5.41, 5.74) is 5.49. The molecule has 1 N–H and O–H groups in total. The van der Waals surface area contributed by atoms with Crippen molar-refractivity contribution in [3.8, 4) is 0 Å². The standard InChI is InChI=1S/C28H33N5O3/c1-20-10-12-21(13-11-20)27(34)33(22-7-4-3-5-8-22)19-25-24-18-32(15-14-26(24)31(2)30-25)28(35)29-17-23-9-6-16-36-23/h3-5,7-8,10-13,23H,6,9,14-19H2,1-2H3,(H,29,35)/t23-/m1/s1. The van der Waals surface area contributed by atoms with Gasteiger partial charge in [-0.1, -0.05) is 35.9 Å². The summed E-state index contributed by atoms with van der Waals surface area (Å²) in [5, 5.41) is 7.83. The topological polar surface area (TPSA) is 79.7 Å². The van der Waals surface area contributed by atoms with Crippen molar-refractivity contribution in [1.82, 2.24) is 20.0 Å². The number of para-hydroxylation sites is 1. The second-order valence-corrected chi connectivity index (χ2v) is 9.58. The molecule has 1 atom stereocenters. The van der Waals surface area contributed by atoms with E-state index in [9.17, 15) is 9.59 Å². The van der Waals surface area contributed by atoms with E-state index < -0.39 is 0 Å². The molecule has 0 bridgehead atoms. The minimum atomic E-state index is -0.0819. The molecular weight excluding hydrogens is 454 g/mol. The fraction of sp³-hybridized carbons (Fsp3) is 0.393. The number of urea groups is 1. The molecule has 3 aromatic rings. The third kappa shape index (κ3) is 5.14. The Morgan fingerprint density at radius 3 is 2.64 bits per heavy atom. The van der Waals surface area contributed by atoms with Crippen LogP contribution in [0.5, 0.6) is 0 Å². The zero-order valence-corrected chi connectivity index (χ0v) is 20.9. The van der Waals surface area contributed by atoms with Crippen molar-refractivity contribution in [1.29, 1.82) is 0 Å². The van der Waals surface area contributed by atoms with Crippen molar-refractivity contribution in [2.24, 2.45) is 7.05 Å². The van der Waals surface area contributed by atoms with Gasteiger partial charge in [0.25, 0.3) is 5.91 Å². The van der Waals surface area contributed by atoms with Crippen LogP contribution in [-0.4, -0.2) is 52.4 Å². The maximum absolute atomic E-state index is 13.6. The SMILES string of the molecule is Cc1ccc(C(=O)N(Cc2nn(C)c3c2CN(C(=O)NC[C@H]2CCCO2)CC3)c2ccccc2)cc1. The van der Waals surface area contributed by atoms with E-state index in [1.807, 2.05) is 78.2 Å². The van der Waals surface area contributed by atoms with Crippen LogP contribution in [0.3, 0.4) is 0 Å². The van der Waals surface area contributed by atoms with Crippen LogP contribution in [0.25, 0.3) is 0 Å². The van der Waals surface area contributed by atoms with Gasteiger partial charge >= 0.3 is 6.03 Å². The Kier molecular flexibility index (Phi) is 7.04. The molecule has 0 saturated carbocycles. The molecule has 36 heavy (non-hydrogen) atoms. The van der Waals surface area contributed by atoms with E-state index in [4.69, 9.17) is 9.84 Å². The number of anilines is 1. The van der Waals surface area contributed by atoms with Crippen LogP contribution in [0.1, 0.15) is 45.7 Å². The average Bonchev–Trinajstić information content (AvgIpc) is 3.54. The maximum atomic E-state index is 13.6. The summed E-state index contributed by atoms with van der Waals surface area (Å²) < 4.78 is 7.53. The first kappa shape index (κ1) is 24.1. The number of rotatable bonds is 6. The maximum Gasteiger partial charge on any atom is 0.317 e. The van der Waals surface area contributed by atoms with Crippen molar-refractivity contribution < 1.29 is 14.3 Å². The van der Waals surface area contributed by atoms with Crippen LogP contribution in [-0.2, 0) is 31.3 Å². The van der Waals surface area contributed by atoms with Crippen LogP contribution < -0.4 is 10.2 Å². The van der Waals surface area contributed by atoms with E-state index in [1.165, 1.54) is 0 Å². The van der Waals surface area contributed by atoms with E-state index >= 15 is 0 Å². The third-order valence-electron chi connectivity index (χ3n) is 7.04. The van der Waals surface area contributed by atoms with Crippen molar-refractivity contribution in [3.63, 3.8) is 0 Å². The zero-order chi connectivity index (χ0) is 25.1.